The van der Waals surface area contributed by atoms with E-state index in [1.54, 1.807) is 23.2 Å². The van der Waals surface area contributed by atoms with Crippen LogP contribution in [0.4, 0.5) is 0 Å². The van der Waals surface area contributed by atoms with Crippen LogP contribution in [0, 0.1) is 5.92 Å². The van der Waals surface area contributed by atoms with Gasteiger partial charge in [-0.05, 0) is 18.1 Å². The number of nitrogens with zero attached hydrogens (tertiary/aromatic N) is 3. The Kier molecular flexibility index (Phi) is 5.31. The average molecular weight is 379 g/mol. The second-order valence-corrected chi connectivity index (χ2v) is 8.60. The number of aromatic amines is 1. The summed E-state index contributed by atoms with van der Waals surface area (Å²) in [6.45, 7) is 5.17. The van der Waals surface area contributed by atoms with Crippen molar-refractivity contribution < 1.29 is 13.2 Å². The van der Waals surface area contributed by atoms with Crippen LogP contribution in [-0.2, 0) is 14.8 Å². The molecule has 3 rings (SSSR count). The van der Waals surface area contributed by atoms with Crippen LogP contribution in [0.15, 0.2) is 29.4 Å². The zero-order chi connectivity index (χ0) is 18.9. The van der Waals surface area contributed by atoms with Crippen LogP contribution in [0.1, 0.15) is 20.3 Å². The second kappa shape index (κ2) is 7.34. The first kappa shape index (κ1) is 18.8. The van der Waals surface area contributed by atoms with Gasteiger partial charge in [0.15, 0.2) is 0 Å². The van der Waals surface area contributed by atoms with Crippen molar-refractivity contribution in [1.82, 2.24) is 19.2 Å². The van der Waals surface area contributed by atoms with Gasteiger partial charge < -0.3 is 15.6 Å². The van der Waals surface area contributed by atoms with E-state index in [-0.39, 0.29) is 29.8 Å². The first-order valence-corrected chi connectivity index (χ1v) is 10.3. The summed E-state index contributed by atoms with van der Waals surface area (Å²) in [5.74, 6) is -0.00400. The van der Waals surface area contributed by atoms with E-state index < -0.39 is 16.1 Å². The molecule has 0 saturated carbocycles. The number of hydrogen-bond donors (Lipinski definition) is 2. The van der Waals surface area contributed by atoms with E-state index >= 15 is 0 Å². The monoisotopic (exact) mass is 379 g/mol. The van der Waals surface area contributed by atoms with E-state index in [1.807, 2.05) is 13.8 Å². The summed E-state index contributed by atoms with van der Waals surface area (Å²) in [6.07, 6.45) is 3.92. The number of pyridine rings is 1. The fourth-order valence-corrected chi connectivity index (χ4v) is 4.71. The van der Waals surface area contributed by atoms with Crippen LogP contribution in [0.5, 0.6) is 0 Å². The molecule has 0 aromatic carbocycles. The molecule has 3 N–H and O–H groups in total. The summed E-state index contributed by atoms with van der Waals surface area (Å²) in [6, 6.07) is 2.90. The fourth-order valence-electron chi connectivity index (χ4n) is 3.14. The Morgan fingerprint density at radius 2 is 2.04 bits per heavy atom. The topological polar surface area (TPSA) is 112 Å². The molecule has 1 saturated heterocycles. The second-order valence-electron chi connectivity index (χ2n) is 6.69. The number of carbonyl (C=O) groups excluding carboxylic acids is 1. The maximum atomic E-state index is 13.0. The highest BCUT2D eigenvalue weighted by atomic mass is 32.2. The molecular formula is C17H25N5O3S. The lowest BCUT2D eigenvalue weighted by molar-refractivity contribution is -0.134. The smallest absolute Gasteiger partial charge is 0.245 e. The molecule has 3 heterocycles. The minimum atomic E-state index is -3.64. The van der Waals surface area contributed by atoms with Crippen molar-refractivity contribution in [3.63, 3.8) is 0 Å². The van der Waals surface area contributed by atoms with E-state index in [1.165, 1.54) is 10.5 Å². The van der Waals surface area contributed by atoms with Gasteiger partial charge in [0, 0.05) is 44.0 Å². The lowest BCUT2D eigenvalue weighted by Crippen LogP contribution is -2.55. The highest BCUT2D eigenvalue weighted by Gasteiger charge is 2.33. The molecule has 8 nitrogen and oxygen atoms in total. The van der Waals surface area contributed by atoms with Gasteiger partial charge in [-0.2, -0.15) is 4.31 Å². The molecule has 26 heavy (non-hydrogen) atoms. The Morgan fingerprint density at radius 3 is 2.69 bits per heavy atom. The molecule has 0 radical (unpaired) electrons. The zero-order valence-corrected chi connectivity index (χ0v) is 15.9. The summed E-state index contributed by atoms with van der Waals surface area (Å²) >= 11 is 0. The van der Waals surface area contributed by atoms with E-state index in [0.717, 1.165) is 6.42 Å². The van der Waals surface area contributed by atoms with Crippen molar-refractivity contribution in [3.8, 4) is 0 Å². The van der Waals surface area contributed by atoms with Crippen LogP contribution in [0.2, 0.25) is 0 Å². The summed E-state index contributed by atoms with van der Waals surface area (Å²) in [5, 5.41) is 0.574. The van der Waals surface area contributed by atoms with Gasteiger partial charge >= 0.3 is 0 Å². The van der Waals surface area contributed by atoms with Crippen molar-refractivity contribution in [2.24, 2.45) is 11.7 Å². The number of piperazine rings is 1. The Hall–Kier alpha value is -1.97. The van der Waals surface area contributed by atoms with Crippen LogP contribution < -0.4 is 5.73 Å². The van der Waals surface area contributed by atoms with Crippen molar-refractivity contribution in [2.45, 2.75) is 31.2 Å². The molecule has 142 valence electrons. The molecule has 1 aliphatic heterocycles. The Labute approximate surface area is 153 Å². The third-order valence-electron chi connectivity index (χ3n) is 5.12. The molecule has 0 spiro atoms. The lowest BCUT2D eigenvalue weighted by atomic mass is 9.99. The largest absolute Gasteiger partial charge is 0.345 e. The van der Waals surface area contributed by atoms with Crippen LogP contribution in [-0.4, -0.2) is 65.7 Å². The molecule has 2 unspecified atom stereocenters. The number of H-pyrrole nitrogens is 1. The minimum Gasteiger partial charge on any atom is -0.345 e. The number of nitrogens with two attached hydrogens (primary N) is 1. The van der Waals surface area contributed by atoms with E-state index in [0.29, 0.717) is 24.1 Å². The third-order valence-corrected chi connectivity index (χ3v) is 7.06. The maximum Gasteiger partial charge on any atom is 0.245 e. The van der Waals surface area contributed by atoms with Crippen molar-refractivity contribution in [2.75, 3.05) is 26.2 Å². The number of hydrogen-bond acceptors (Lipinski definition) is 5. The minimum absolute atomic E-state index is 0.1000. The number of fused-ring (bicyclic) bond motifs is 1. The number of amides is 1. The van der Waals surface area contributed by atoms with Gasteiger partial charge in [-0.15, -0.1) is 0 Å². The SMILES string of the molecule is CCC(C)C(N)C(=O)N1CCN(S(=O)(=O)c2c[nH]c3ncccc23)CC1. The number of rotatable bonds is 5. The normalized spacial score (nSPS) is 18.8. The summed E-state index contributed by atoms with van der Waals surface area (Å²) < 4.78 is 27.4. The highest BCUT2D eigenvalue weighted by Crippen LogP contribution is 2.25. The quantitative estimate of drug-likeness (QED) is 0.797. The summed E-state index contributed by atoms with van der Waals surface area (Å²) in [4.78, 5) is 21.4. The highest BCUT2D eigenvalue weighted by molar-refractivity contribution is 7.89. The summed E-state index contributed by atoms with van der Waals surface area (Å²) in [7, 11) is -3.64. The lowest BCUT2D eigenvalue weighted by Gasteiger charge is -2.35. The Bertz CT molecular complexity index is 887. The standard InChI is InChI=1S/C17H25N5O3S/c1-3-12(2)15(18)17(23)21-7-9-22(10-8-21)26(24,25)14-11-20-16-13(14)5-4-6-19-16/h4-6,11-12,15H,3,7-10,18H2,1-2H3,(H,19,20). The summed E-state index contributed by atoms with van der Waals surface area (Å²) in [5.41, 5.74) is 6.57. The molecule has 9 heteroatoms. The average Bonchev–Trinajstić information content (AvgIpc) is 3.11. The molecule has 2 atom stereocenters. The van der Waals surface area contributed by atoms with Crippen molar-refractivity contribution >= 4 is 27.0 Å². The van der Waals surface area contributed by atoms with E-state index in [9.17, 15) is 13.2 Å². The number of aromatic nitrogens is 2. The molecule has 0 aliphatic carbocycles. The number of carbonyl (C=O) groups is 1. The third kappa shape index (κ3) is 3.34. The Morgan fingerprint density at radius 1 is 1.35 bits per heavy atom. The van der Waals surface area contributed by atoms with Gasteiger partial charge in [-0.25, -0.2) is 13.4 Å². The van der Waals surface area contributed by atoms with Gasteiger partial charge in [-0.1, -0.05) is 20.3 Å². The van der Waals surface area contributed by atoms with Crippen molar-refractivity contribution in [3.05, 3.63) is 24.5 Å². The van der Waals surface area contributed by atoms with E-state index in [2.05, 4.69) is 9.97 Å². The Balaban J connectivity index is 1.72. The fraction of sp³-hybridized carbons (Fsp3) is 0.529. The number of sulfonamides is 1. The molecule has 1 amide bonds. The van der Waals surface area contributed by atoms with Crippen LogP contribution in [0.3, 0.4) is 0 Å². The molecule has 0 bridgehead atoms. The van der Waals surface area contributed by atoms with Gasteiger partial charge in [0.05, 0.1) is 6.04 Å². The molecule has 2 aromatic rings. The molecule has 1 fully saturated rings. The van der Waals surface area contributed by atoms with Crippen molar-refractivity contribution in [1.29, 1.82) is 0 Å². The predicted molar refractivity (Wildman–Crippen MR) is 98.9 cm³/mol. The zero-order valence-electron chi connectivity index (χ0n) is 15.1. The molecular weight excluding hydrogens is 354 g/mol. The molecule has 1 aliphatic rings. The molecule has 2 aromatic heterocycles. The van der Waals surface area contributed by atoms with Gasteiger partial charge in [0.25, 0.3) is 0 Å². The maximum absolute atomic E-state index is 13.0. The van der Waals surface area contributed by atoms with Crippen LogP contribution >= 0.6 is 0 Å². The van der Waals surface area contributed by atoms with Gasteiger partial charge in [0.1, 0.15) is 10.5 Å². The first-order valence-electron chi connectivity index (χ1n) is 8.83. The van der Waals surface area contributed by atoms with Crippen LogP contribution in [0.25, 0.3) is 11.0 Å². The van der Waals surface area contributed by atoms with Gasteiger partial charge in [-0.3, -0.25) is 4.79 Å². The first-order chi connectivity index (χ1) is 12.4. The van der Waals surface area contributed by atoms with E-state index in [4.69, 9.17) is 5.73 Å². The predicted octanol–water partition coefficient (Wildman–Crippen LogP) is 0.769. The van der Waals surface area contributed by atoms with Gasteiger partial charge in [0.2, 0.25) is 15.9 Å². The number of nitrogens with one attached hydrogen (secondary N) is 1.